The topological polar surface area (TPSA) is 72.9 Å². The largest absolute Gasteiger partial charge is 0.492 e. The molecule has 0 bridgehead atoms. The van der Waals surface area contributed by atoms with E-state index in [0.29, 0.717) is 29.4 Å². The fraction of sp³-hybridized carbons (Fsp3) is 0.286. The van der Waals surface area contributed by atoms with Crippen molar-refractivity contribution < 1.29 is 23.9 Å². The molecule has 1 amide bonds. The lowest BCUT2D eigenvalue weighted by molar-refractivity contribution is -0.139. The van der Waals surface area contributed by atoms with Crippen LogP contribution in [0.1, 0.15) is 30.6 Å². The lowest BCUT2D eigenvalue weighted by Gasteiger charge is -2.19. The summed E-state index contributed by atoms with van der Waals surface area (Å²) in [6, 6.07) is 13.6. The van der Waals surface area contributed by atoms with Crippen molar-refractivity contribution in [3.63, 3.8) is 0 Å². The van der Waals surface area contributed by atoms with Gasteiger partial charge in [0.25, 0.3) is 0 Å². The molecule has 3 rings (SSSR count). The van der Waals surface area contributed by atoms with Gasteiger partial charge in [-0.15, -0.1) is 0 Å². The number of ketones is 1. The second kappa shape index (κ2) is 8.03. The number of hydrogen-bond acceptors (Lipinski definition) is 5. The Hall–Kier alpha value is -3.15. The number of carbonyl (C=O) groups is 3. The van der Waals surface area contributed by atoms with E-state index in [4.69, 9.17) is 9.47 Å². The van der Waals surface area contributed by atoms with Crippen LogP contribution < -0.4 is 14.4 Å². The van der Waals surface area contributed by atoms with E-state index in [-0.39, 0.29) is 24.7 Å². The van der Waals surface area contributed by atoms with E-state index in [0.717, 1.165) is 0 Å². The van der Waals surface area contributed by atoms with Gasteiger partial charge in [0, 0.05) is 18.5 Å². The molecule has 1 atom stereocenters. The zero-order chi connectivity index (χ0) is 19.4. The highest BCUT2D eigenvalue weighted by Crippen LogP contribution is 2.33. The van der Waals surface area contributed by atoms with Gasteiger partial charge in [-0.05, 0) is 50.2 Å². The third-order valence-electron chi connectivity index (χ3n) is 4.39. The molecule has 0 unspecified atom stereocenters. The van der Waals surface area contributed by atoms with E-state index in [1.54, 1.807) is 41.3 Å². The van der Waals surface area contributed by atoms with Crippen molar-refractivity contribution in [3.05, 3.63) is 54.1 Å². The standard InChI is InChI=1S/C21H21NO5/c1-3-26-19-7-5-4-6-18(19)22-13-16(12-20(22)24)21(25)27-17-10-8-15(9-11-17)14(2)23/h4-11,16H,3,12-13H2,1-2H3/t16-/m0/s1. The Labute approximate surface area is 157 Å². The summed E-state index contributed by atoms with van der Waals surface area (Å²) in [7, 11) is 0. The van der Waals surface area contributed by atoms with Gasteiger partial charge in [-0.25, -0.2) is 0 Å². The average molecular weight is 367 g/mol. The fourth-order valence-corrected chi connectivity index (χ4v) is 3.01. The molecular formula is C21H21NO5. The number of carbonyl (C=O) groups excluding carboxylic acids is 3. The summed E-state index contributed by atoms with van der Waals surface area (Å²) in [6.07, 6.45) is 0.0881. The van der Waals surface area contributed by atoms with E-state index in [1.165, 1.54) is 6.92 Å². The first-order chi connectivity index (χ1) is 13.0. The van der Waals surface area contributed by atoms with Crippen LogP contribution in [0, 0.1) is 5.92 Å². The molecule has 1 fully saturated rings. The summed E-state index contributed by atoms with van der Waals surface area (Å²) in [5.41, 5.74) is 1.20. The predicted molar refractivity (Wildman–Crippen MR) is 100 cm³/mol. The van der Waals surface area contributed by atoms with Gasteiger partial charge >= 0.3 is 5.97 Å². The monoisotopic (exact) mass is 367 g/mol. The molecule has 2 aromatic rings. The Bertz CT molecular complexity index is 859. The third-order valence-corrected chi connectivity index (χ3v) is 4.39. The van der Waals surface area contributed by atoms with Gasteiger partial charge in [0.1, 0.15) is 11.5 Å². The molecular weight excluding hydrogens is 346 g/mol. The van der Waals surface area contributed by atoms with Gasteiger partial charge in [0.15, 0.2) is 5.78 Å². The van der Waals surface area contributed by atoms with Crippen LogP contribution in [0.15, 0.2) is 48.5 Å². The van der Waals surface area contributed by atoms with Gasteiger partial charge in [-0.1, -0.05) is 12.1 Å². The van der Waals surface area contributed by atoms with Crippen LogP contribution >= 0.6 is 0 Å². The summed E-state index contributed by atoms with van der Waals surface area (Å²) in [5, 5.41) is 0. The third kappa shape index (κ3) is 4.16. The smallest absolute Gasteiger partial charge is 0.316 e. The van der Waals surface area contributed by atoms with Crippen molar-refractivity contribution in [1.82, 2.24) is 0 Å². The quantitative estimate of drug-likeness (QED) is 0.445. The molecule has 6 nitrogen and oxygen atoms in total. The molecule has 0 N–H and O–H groups in total. The first kappa shape index (κ1) is 18.6. The summed E-state index contributed by atoms with van der Waals surface area (Å²) in [4.78, 5) is 37.8. The summed E-state index contributed by atoms with van der Waals surface area (Å²) in [5.74, 6) is -0.253. The second-order valence-electron chi connectivity index (χ2n) is 6.31. The Balaban J connectivity index is 1.70. The van der Waals surface area contributed by atoms with Crippen molar-refractivity contribution in [2.75, 3.05) is 18.1 Å². The van der Waals surface area contributed by atoms with E-state index in [9.17, 15) is 14.4 Å². The van der Waals surface area contributed by atoms with Crippen LogP contribution in [0.5, 0.6) is 11.5 Å². The van der Waals surface area contributed by atoms with Gasteiger partial charge in [0.05, 0.1) is 18.2 Å². The van der Waals surface area contributed by atoms with Gasteiger partial charge < -0.3 is 14.4 Å². The molecule has 0 aromatic heterocycles. The van der Waals surface area contributed by atoms with Crippen LogP contribution in [0.25, 0.3) is 0 Å². The number of amides is 1. The van der Waals surface area contributed by atoms with Gasteiger partial charge in [0.2, 0.25) is 5.91 Å². The maximum atomic E-state index is 12.5. The predicted octanol–water partition coefficient (Wildman–Crippen LogP) is 3.25. The van der Waals surface area contributed by atoms with Crippen molar-refractivity contribution in [2.24, 2.45) is 5.92 Å². The number of para-hydroxylation sites is 2. The highest BCUT2D eigenvalue weighted by Gasteiger charge is 2.37. The number of Topliss-reactive ketones (excluding diaryl/α,β-unsaturated/α-hetero) is 1. The zero-order valence-electron chi connectivity index (χ0n) is 15.3. The molecule has 1 aliphatic rings. The highest BCUT2D eigenvalue weighted by molar-refractivity contribution is 6.00. The fourth-order valence-electron chi connectivity index (χ4n) is 3.01. The van der Waals surface area contributed by atoms with Crippen LogP contribution in [-0.2, 0) is 9.59 Å². The second-order valence-corrected chi connectivity index (χ2v) is 6.31. The molecule has 0 radical (unpaired) electrons. The van der Waals surface area contributed by atoms with Crippen molar-refractivity contribution in [2.45, 2.75) is 20.3 Å². The van der Waals surface area contributed by atoms with Crippen LogP contribution in [-0.4, -0.2) is 30.8 Å². The summed E-state index contributed by atoms with van der Waals surface area (Å²) >= 11 is 0. The van der Waals surface area contributed by atoms with Gasteiger partial charge in [-0.2, -0.15) is 0 Å². The Morgan fingerprint density at radius 2 is 1.81 bits per heavy atom. The SMILES string of the molecule is CCOc1ccccc1N1C[C@@H](C(=O)Oc2ccc(C(C)=O)cc2)CC1=O. The number of ether oxygens (including phenoxy) is 2. The highest BCUT2D eigenvalue weighted by atomic mass is 16.5. The van der Waals surface area contributed by atoms with Crippen LogP contribution in [0.2, 0.25) is 0 Å². The molecule has 1 aliphatic heterocycles. The molecule has 0 spiro atoms. The molecule has 140 valence electrons. The molecule has 1 saturated heterocycles. The van der Waals surface area contributed by atoms with Crippen molar-refractivity contribution >= 4 is 23.3 Å². The zero-order valence-corrected chi connectivity index (χ0v) is 15.3. The normalized spacial score (nSPS) is 16.3. The molecule has 0 saturated carbocycles. The first-order valence-electron chi connectivity index (χ1n) is 8.84. The minimum absolute atomic E-state index is 0.0575. The van der Waals surface area contributed by atoms with Crippen LogP contribution in [0.3, 0.4) is 0 Å². The van der Waals surface area contributed by atoms with Crippen LogP contribution in [0.4, 0.5) is 5.69 Å². The van der Waals surface area contributed by atoms with Crippen molar-refractivity contribution in [1.29, 1.82) is 0 Å². The number of nitrogens with zero attached hydrogens (tertiary/aromatic N) is 1. The maximum Gasteiger partial charge on any atom is 0.316 e. The maximum absolute atomic E-state index is 12.5. The average Bonchev–Trinajstić information content (AvgIpc) is 3.05. The lowest BCUT2D eigenvalue weighted by atomic mass is 10.1. The molecule has 6 heteroatoms. The number of rotatable bonds is 6. The van der Waals surface area contributed by atoms with E-state index in [1.807, 2.05) is 19.1 Å². The molecule has 0 aliphatic carbocycles. The Kier molecular flexibility index (Phi) is 5.54. The number of hydrogen-bond donors (Lipinski definition) is 0. The minimum Gasteiger partial charge on any atom is -0.492 e. The minimum atomic E-state index is -0.556. The van der Waals surface area contributed by atoms with E-state index in [2.05, 4.69) is 0 Å². The number of esters is 1. The number of benzene rings is 2. The molecule has 27 heavy (non-hydrogen) atoms. The molecule has 1 heterocycles. The summed E-state index contributed by atoms with van der Waals surface area (Å²) in [6.45, 7) is 4.08. The Morgan fingerprint density at radius 1 is 1.11 bits per heavy atom. The molecule has 2 aromatic carbocycles. The van der Waals surface area contributed by atoms with Gasteiger partial charge in [-0.3, -0.25) is 14.4 Å². The van der Waals surface area contributed by atoms with E-state index < -0.39 is 11.9 Å². The Morgan fingerprint density at radius 3 is 2.48 bits per heavy atom. The number of anilines is 1. The lowest BCUT2D eigenvalue weighted by Crippen LogP contribution is -2.27. The summed E-state index contributed by atoms with van der Waals surface area (Å²) < 4.78 is 11.0. The first-order valence-corrected chi connectivity index (χ1v) is 8.84. The van der Waals surface area contributed by atoms with Crippen molar-refractivity contribution in [3.8, 4) is 11.5 Å². The van der Waals surface area contributed by atoms with E-state index >= 15 is 0 Å².